The number of urea groups is 1. The summed E-state index contributed by atoms with van der Waals surface area (Å²) in [6.45, 7) is 0.136. The number of methoxy groups -OCH3 is 2. The van der Waals surface area contributed by atoms with Crippen molar-refractivity contribution in [1.82, 2.24) is 9.88 Å². The lowest BCUT2D eigenvalue weighted by Gasteiger charge is -2.22. The molecule has 0 saturated heterocycles. The van der Waals surface area contributed by atoms with Gasteiger partial charge in [0.25, 0.3) is 5.56 Å². The number of furan rings is 1. The minimum absolute atomic E-state index is 0.00729. The number of amides is 2. The van der Waals surface area contributed by atoms with Crippen LogP contribution in [0.4, 0.5) is 14.9 Å². The number of carbonyl (C=O) groups is 1. The predicted octanol–water partition coefficient (Wildman–Crippen LogP) is 4.51. The van der Waals surface area contributed by atoms with Crippen molar-refractivity contribution in [1.29, 1.82) is 0 Å². The lowest BCUT2D eigenvalue weighted by molar-refractivity contribution is 0.201. The first-order chi connectivity index (χ1) is 16.0. The maximum Gasteiger partial charge on any atom is 0.322 e. The van der Waals surface area contributed by atoms with Crippen LogP contribution in [0.2, 0.25) is 0 Å². The fraction of sp³-hybridized carbons (Fsp3) is 0.167. The Morgan fingerprint density at radius 2 is 1.79 bits per heavy atom. The summed E-state index contributed by atoms with van der Waals surface area (Å²) in [6.07, 6.45) is 1.51. The van der Waals surface area contributed by atoms with Crippen LogP contribution < -0.4 is 20.3 Å². The Hall–Kier alpha value is -4.27. The van der Waals surface area contributed by atoms with Gasteiger partial charge in [-0.3, -0.25) is 4.79 Å². The molecule has 0 fully saturated rings. The summed E-state index contributed by atoms with van der Waals surface area (Å²) in [5.74, 6) is 1.15. The molecule has 2 N–H and O–H groups in total. The standard InChI is InChI=1S/C24H22FN3O5/c1-31-21-11-15-10-16(23(29)27-20(15)12-22(21)32-2)13-28(14-19-4-3-9-33-19)24(30)26-18-7-5-17(25)6-8-18/h3-12H,13-14H2,1-2H3,(H,26,30)(H,27,29). The molecule has 8 nitrogen and oxygen atoms in total. The van der Waals surface area contributed by atoms with Gasteiger partial charge in [-0.05, 0) is 48.5 Å². The van der Waals surface area contributed by atoms with Crippen molar-refractivity contribution in [2.45, 2.75) is 13.1 Å². The fourth-order valence-electron chi connectivity index (χ4n) is 3.43. The molecule has 4 rings (SSSR count). The third kappa shape index (κ3) is 4.98. The average Bonchev–Trinajstić information content (AvgIpc) is 3.33. The molecule has 0 unspecified atom stereocenters. The smallest absolute Gasteiger partial charge is 0.322 e. The Morgan fingerprint density at radius 3 is 2.45 bits per heavy atom. The van der Waals surface area contributed by atoms with Gasteiger partial charge in [0.2, 0.25) is 0 Å². The maximum absolute atomic E-state index is 13.2. The molecule has 4 aromatic rings. The van der Waals surface area contributed by atoms with Gasteiger partial charge in [-0.25, -0.2) is 9.18 Å². The first-order valence-electron chi connectivity index (χ1n) is 10.1. The minimum Gasteiger partial charge on any atom is -0.493 e. The van der Waals surface area contributed by atoms with Gasteiger partial charge in [-0.1, -0.05) is 0 Å². The van der Waals surface area contributed by atoms with E-state index < -0.39 is 11.8 Å². The van der Waals surface area contributed by atoms with E-state index in [1.54, 1.807) is 30.3 Å². The quantitative estimate of drug-likeness (QED) is 0.431. The third-order valence-electron chi connectivity index (χ3n) is 5.10. The Labute approximate surface area is 188 Å². The van der Waals surface area contributed by atoms with Gasteiger partial charge in [0, 0.05) is 22.7 Å². The number of hydrogen-bond donors (Lipinski definition) is 2. The number of hydrogen-bond acceptors (Lipinski definition) is 5. The molecule has 170 valence electrons. The molecule has 33 heavy (non-hydrogen) atoms. The summed E-state index contributed by atoms with van der Waals surface area (Å²) in [6, 6.07) is 13.5. The van der Waals surface area contributed by atoms with Crippen LogP contribution in [0, 0.1) is 5.82 Å². The Kier molecular flexibility index (Phi) is 6.30. The highest BCUT2D eigenvalue weighted by Crippen LogP contribution is 2.31. The lowest BCUT2D eigenvalue weighted by atomic mass is 10.1. The summed E-state index contributed by atoms with van der Waals surface area (Å²) in [7, 11) is 3.05. The van der Waals surface area contributed by atoms with E-state index in [2.05, 4.69) is 10.3 Å². The van der Waals surface area contributed by atoms with E-state index in [1.165, 1.54) is 49.6 Å². The number of H-pyrrole nitrogens is 1. The SMILES string of the molecule is COc1cc2cc(CN(Cc3ccco3)C(=O)Nc3ccc(F)cc3)c(=O)[nH]c2cc1OC. The minimum atomic E-state index is -0.468. The van der Waals surface area contributed by atoms with E-state index in [1.807, 2.05) is 0 Å². The summed E-state index contributed by atoms with van der Waals surface area (Å²) in [5.41, 5.74) is 1.04. The fourth-order valence-corrected chi connectivity index (χ4v) is 3.43. The third-order valence-corrected chi connectivity index (χ3v) is 5.10. The number of aromatic nitrogens is 1. The number of ether oxygens (including phenoxy) is 2. The van der Waals surface area contributed by atoms with E-state index in [4.69, 9.17) is 13.9 Å². The van der Waals surface area contributed by atoms with Gasteiger partial charge in [-0.15, -0.1) is 0 Å². The van der Waals surface area contributed by atoms with Crippen molar-refractivity contribution in [3.05, 3.63) is 88.4 Å². The summed E-state index contributed by atoms with van der Waals surface area (Å²) in [5, 5.41) is 3.44. The van der Waals surface area contributed by atoms with Gasteiger partial charge in [0.15, 0.2) is 11.5 Å². The van der Waals surface area contributed by atoms with Crippen LogP contribution in [0.3, 0.4) is 0 Å². The highest BCUT2D eigenvalue weighted by molar-refractivity contribution is 5.89. The highest BCUT2D eigenvalue weighted by Gasteiger charge is 2.19. The molecule has 0 bridgehead atoms. The largest absolute Gasteiger partial charge is 0.493 e. The number of rotatable bonds is 7. The second kappa shape index (κ2) is 9.47. The molecule has 0 aliphatic heterocycles. The first kappa shape index (κ1) is 21.9. The second-order valence-corrected chi connectivity index (χ2v) is 7.29. The van der Waals surface area contributed by atoms with Gasteiger partial charge in [0.1, 0.15) is 11.6 Å². The van der Waals surface area contributed by atoms with Crippen LogP contribution in [0.25, 0.3) is 10.9 Å². The number of aromatic amines is 1. The molecule has 2 amide bonds. The molecule has 2 aromatic carbocycles. The average molecular weight is 451 g/mol. The van der Waals surface area contributed by atoms with Crippen molar-refractivity contribution in [2.24, 2.45) is 0 Å². The first-order valence-corrected chi connectivity index (χ1v) is 10.1. The van der Waals surface area contributed by atoms with Gasteiger partial charge < -0.3 is 29.1 Å². The van der Waals surface area contributed by atoms with E-state index >= 15 is 0 Å². The van der Waals surface area contributed by atoms with Crippen molar-refractivity contribution in [3.63, 3.8) is 0 Å². The molecule has 2 aromatic heterocycles. The Balaban J connectivity index is 1.65. The molecular formula is C24H22FN3O5. The molecule has 0 radical (unpaired) electrons. The molecule has 0 aliphatic rings. The van der Waals surface area contributed by atoms with Crippen LogP contribution in [-0.4, -0.2) is 30.1 Å². The second-order valence-electron chi connectivity index (χ2n) is 7.29. The van der Waals surface area contributed by atoms with E-state index in [9.17, 15) is 14.0 Å². The number of anilines is 1. The molecule has 0 atom stereocenters. The summed E-state index contributed by atoms with van der Waals surface area (Å²) in [4.78, 5) is 30.1. The van der Waals surface area contributed by atoms with Gasteiger partial charge in [-0.2, -0.15) is 0 Å². The summed E-state index contributed by atoms with van der Waals surface area (Å²) >= 11 is 0. The number of nitrogens with one attached hydrogen (secondary N) is 2. The molecule has 2 heterocycles. The molecular weight excluding hydrogens is 429 g/mol. The maximum atomic E-state index is 13.2. The van der Waals surface area contributed by atoms with E-state index in [0.717, 1.165) is 5.39 Å². The zero-order valence-corrected chi connectivity index (χ0v) is 18.1. The molecule has 0 spiro atoms. The molecule has 9 heteroatoms. The van der Waals surface area contributed by atoms with Crippen molar-refractivity contribution >= 4 is 22.6 Å². The highest BCUT2D eigenvalue weighted by atomic mass is 19.1. The number of pyridine rings is 1. The van der Waals surface area contributed by atoms with Crippen LogP contribution in [0.1, 0.15) is 11.3 Å². The summed E-state index contributed by atoms with van der Waals surface area (Å²) < 4.78 is 29.2. The monoisotopic (exact) mass is 451 g/mol. The number of benzene rings is 2. The number of carbonyl (C=O) groups excluding carboxylic acids is 1. The van der Waals surface area contributed by atoms with Crippen molar-refractivity contribution in [3.8, 4) is 11.5 Å². The van der Waals surface area contributed by atoms with E-state index in [-0.39, 0.29) is 18.6 Å². The zero-order valence-electron chi connectivity index (χ0n) is 18.1. The number of halogens is 1. The van der Waals surface area contributed by atoms with Crippen LogP contribution in [0.15, 0.2) is 70.1 Å². The molecule has 0 saturated carbocycles. The number of fused-ring (bicyclic) bond motifs is 1. The molecule has 0 aliphatic carbocycles. The normalized spacial score (nSPS) is 10.8. The van der Waals surface area contributed by atoms with Crippen LogP contribution >= 0.6 is 0 Å². The van der Waals surface area contributed by atoms with Gasteiger partial charge in [0.05, 0.1) is 39.1 Å². The van der Waals surface area contributed by atoms with Crippen LogP contribution in [-0.2, 0) is 13.1 Å². The zero-order chi connectivity index (χ0) is 23.4. The lowest BCUT2D eigenvalue weighted by Crippen LogP contribution is -2.35. The van der Waals surface area contributed by atoms with Crippen molar-refractivity contribution in [2.75, 3.05) is 19.5 Å². The number of nitrogens with zero attached hydrogens (tertiary/aromatic N) is 1. The van der Waals surface area contributed by atoms with Crippen LogP contribution in [0.5, 0.6) is 11.5 Å². The van der Waals surface area contributed by atoms with E-state index in [0.29, 0.717) is 34.0 Å². The Bertz CT molecular complexity index is 1320. The Morgan fingerprint density at radius 1 is 1.06 bits per heavy atom. The van der Waals surface area contributed by atoms with Crippen molar-refractivity contribution < 1.29 is 23.1 Å². The van der Waals surface area contributed by atoms with Gasteiger partial charge >= 0.3 is 6.03 Å². The topological polar surface area (TPSA) is 96.8 Å². The predicted molar refractivity (Wildman–Crippen MR) is 121 cm³/mol.